The van der Waals surface area contributed by atoms with Gasteiger partial charge >= 0.3 is 12.1 Å². The van der Waals surface area contributed by atoms with E-state index in [0.29, 0.717) is 24.7 Å². The average Bonchev–Trinajstić information content (AvgIpc) is 2.85. The van der Waals surface area contributed by atoms with E-state index in [2.05, 4.69) is 25.6 Å². The van der Waals surface area contributed by atoms with Crippen molar-refractivity contribution in [1.29, 1.82) is 0 Å². The lowest BCUT2D eigenvalue weighted by Gasteiger charge is -2.15. The first-order chi connectivity index (χ1) is 16.9. The molecule has 35 heavy (non-hydrogen) atoms. The number of anilines is 2. The molecular formula is C24H28N6O5. The zero-order valence-electron chi connectivity index (χ0n) is 19.8. The van der Waals surface area contributed by atoms with E-state index < -0.39 is 18.1 Å². The second-order valence-corrected chi connectivity index (χ2v) is 7.77. The molecule has 1 heterocycles. The monoisotopic (exact) mass is 480 g/mol. The Balaban J connectivity index is 1.58. The van der Waals surface area contributed by atoms with Gasteiger partial charge in [0.25, 0.3) is 0 Å². The fraction of sp³-hybridized carbons (Fsp3) is 0.292. The number of carbonyl (C=O) groups is 2. The summed E-state index contributed by atoms with van der Waals surface area (Å²) in [6, 6.07) is 13.4. The van der Waals surface area contributed by atoms with Crippen molar-refractivity contribution in [2.45, 2.75) is 18.9 Å². The number of carboxylic acids is 1. The predicted molar refractivity (Wildman–Crippen MR) is 130 cm³/mol. The summed E-state index contributed by atoms with van der Waals surface area (Å²) in [4.78, 5) is 37.2. The van der Waals surface area contributed by atoms with Crippen LogP contribution in [0.3, 0.4) is 0 Å². The summed E-state index contributed by atoms with van der Waals surface area (Å²) >= 11 is 0. The predicted octanol–water partition coefficient (Wildman–Crippen LogP) is 2.70. The highest BCUT2D eigenvalue weighted by atomic mass is 16.6. The number of nitrogens with zero attached hydrogens (tertiary/aromatic N) is 4. The van der Waals surface area contributed by atoms with Crippen molar-refractivity contribution in [1.82, 2.24) is 19.9 Å². The molecular weight excluding hydrogens is 452 g/mol. The average molecular weight is 481 g/mol. The van der Waals surface area contributed by atoms with Crippen LogP contribution in [0.1, 0.15) is 11.1 Å². The van der Waals surface area contributed by atoms with Gasteiger partial charge in [0.05, 0.1) is 7.11 Å². The molecule has 3 aromatic rings. The first-order valence-corrected chi connectivity index (χ1v) is 10.9. The van der Waals surface area contributed by atoms with Crippen LogP contribution >= 0.6 is 0 Å². The number of carboxylic acid groups (broad SMARTS) is 1. The molecule has 1 aromatic heterocycles. The second kappa shape index (κ2) is 12.2. The van der Waals surface area contributed by atoms with Gasteiger partial charge in [-0.1, -0.05) is 30.3 Å². The maximum absolute atomic E-state index is 11.8. The third kappa shape index (κ3) is 7.56. The largest absolute Gasteiger partial charge is 0.496 e. The Bertz CT molecular complexity index is 1140. The number of amides is 1. The lowest BCUT2D eigenvalue weighted by molar-refractivity contribution is -0.137. The minimum absolute atomic E-state index is 0.142. The van der Waals surface area contributed by atoms with Gasteiger partial charge in [0, 0.05) is 27.1 Å². The molecule has 11 heteroatoms. The van der Waals surface area contributed by atoms with E-state index in [1.165, 1.54) is 11.2 Å². The number of hydrogen-bond donors (Lipinski definition) is 3. The van der Waals surface area contributed by atoms with E-state index in [0.717, 1.165) is 16.9 Å². The van der Waals surface area contributed by atoms with Crippen LogP contribution in [0.4, 0.5) is 16.7 Å². The van der Waals surface area contributed by atoms with Crippen LogP contribution in [0.15, 0.2) is 54.9 Å². The molecule has 11 nitrogen and oxygen atoms in total. The molecule has 0 radical (unpaired) electrons. The molecule has 3 N–H and O–H groups in total. The molecule has 0 saturated carbocycles. The summed E-state index contributed by atoms with van der Waals surface area (Å²) < 4.78 is 10.5. The van der Waals surface area contributed by atoms with E-state index in [1.54, 1.807) is 45.5 Å². The summed E-state index contributed by atoms with van der Waals surface area (Å²) in [5, 5.41) is 15.6. The van der Waals surface area contributed by atoms with Gasteiger partial charge in [-0.2, -0.15) is 4.98 Å². The number of para-hydroxylation sites is 1. The van der Waals surface area contributed by atoms with Crippen molar-refractivity contribution < 1.29 is 24.2 Å². The molecule has 0 fully saturated rings. The normalized spacial score (nSPS) is 11.3. The van der Waals surface area contributed by atoms with Crippen LogP contribution < -0.4 is 20.1 Å². The molecule has 2 aromatic carbocycles. The Morgan fingerprint density at radius 2 is 1.77 bits per heavy atom. The zero-order valence-corrected chi connectivity index (χ0v) is 19.8. The van der Waals surface area contributed by atoms with Crippen LogP contribution in [0, 0.1) is 0 Å². The first kappa shape index (κ1) is 25.2. The summed E-state index contributed by atoms with van der Waals surface area (Å²) in [5.74, 6) is 0.589. The number of aliphatic carboxylic acids is 1. The third-order valence-electron chi connectivity index (χ3n) is 4.98. The van der Waals surface area contributed by atoms with Crippen LogP contribution in [-0.2, 0) is 17.6 Å². The number of methoxy groups -OCH3 is 1. The molecule has 1 atom stereocenters. The molecule has 184 valence electrons. The van der Waals surface area contributed by atoms with Crippen LogP contribution in [0.5, 0.6) is 11.5 Å². The Kier molecular flexibility index (Phi) is 8.76. The number of carbonyl (C=O) groups excluding carboxylic acids is 1. The van der Waals surface area contributed by atoms with E-state index in [9.17, 15) is 14.7 Å². The quantitative estimate of drug-likeness (QED) is 0.375. The SMILES string of the molecule is COc1ccccc1CCNc1ncnc(N[C@@H](Cc2ccc(OC(=O)N(C)C)cc2)C(=O)O)n1. The van der Waals surface area contributed by atoms with Gasteiger partial charge in [-0.05, 0) is 35.7 Å². The maximum atomic E-state index is 11.8. The highest BCUT2D eigenvalue weighted by Gasteiger charge is 2.19. The van der Waals surface area contributed by atoms with Crippen molar-refractivity contribution in [2.24, 2.45) is 0 Å². The van der Waals surface area contributed by atoms with Crippen LogP contribution in [-0.4, -0.2) is 70.8 Å². The Morgan fingerprint density at radius 1 is 1.06 bits per heavy atom. The van der Waals surface area contributed by atoms with Crippen molar-refractivity contribution in [3.63, 3.8) is 0 Å². The highest BCUT2D eigenvalue weighted by Crippen LogP contribution is 2.18. The van der Waals surface area contributed by atoms with Gasteiger partial charge in [-0.3, -0.25) is 0 Å². The molecule has 1 amide bonds. The van der Waals surface area contributed by atoms with Crippen molar-refractivity contribution in [3.8, 4) is 11.5 Å². The summed E-state index contributed by atoms with van der Waals surface area (Å²) in [6.07, 6.45) is 1.67. The standard InChI is InChI=1S/C24H28N6O5/c1-30(2)24(33)35-18-10-8-16(9-11-18)14-19(21(31)32)28-23-27-15-26-22(29-23)25-13-12-17-6-4-5-7-20(17)34-3/h4-11,15,19H,12-14H2,1-3H3,(H,31,32)(H2,25,26,27,28,29)/t19-/m0/s1. The number of nitrogens with one attached hydrogen (secondary N) is 2. The molecule has 3 rings (SSSR count). The minimum atomic E-state index is -1.06. The maximum Gasteiger partial charge on any atom is 0.414 e. The number of hydrogen-bond acceptors (Lipinski definition) is 9. The first-order valence-electron chi connectivity index (χ1n) is 10.9. The zero-order chi connectivity index (χ0) is 25.2. The number of rotatable bonds is 11. The van der Waals surface area contributed by atoms with Crippen LogP contribution in [0.25, 0.3) is 0 Å². The lowest BCUT2D eigenvalue weighted by Crippen LogP contribution is -2.32. The molecule has 0 spiro atoms. The van der Waals surface area contributed by atoms with E-state index in [1.807, 2.05) is 24.3 Å². The van der Waals surface area contributed by atoms with E-state index >= 15 is 0 Å². The molecule has 0 saturated heterocycles. The fourth-order valence-corrected chi connectivity index (χ4v) is 3.15. The lowest BCUT2D eigenvalue weighted by atomic mass is 10.1. The third-order valence-corrected chi connectivity index (χ3v) is 4.98. The topological polar surface area (TPSA) is 139 Å². The van der Waals surface area contributed by atoms with Gasteiger partial charge < -0.3 is 30.1 Å². The van der Waals surface area contributed by atoms with Gasteiger partial charge in [0.15, 0.2) is 0 Å². The minimum Gasteiger partial charge on any atom is -0.496 e. The van der Waals surface area contributed by atoms with Gasteiger partial charge in [-0.15, -0.1) is 0 Å². The highest BCUT2D eigenvalue weighted by molar-refractivity contribution is 5.77. The molecule has 0 aliphatic rings. The molecule has 0 unspecified atom stereocenters. The van der Waals surface area contributed by atoms with E-state index in [4.69, 9.17) is 9.47 Å². The number of benzene rings is 2. The number of aromatic nitrogens is 3. The summed E-state index contributed by atoms with van der Waals surface area (Å²) in [5.41, 5.74) is 1.78. The smallest absolute Gasteiger partial charge is 0.414 e. The fourth-order valence-electron chi connectivity index (χ4n) is 3.15. The van der Waals surface area contributed by atoms with E-state index in [-0.39, 0.29) is 12.4 Å². The van der Waals surface area contributed by atoms with Gasteiger partial charge in [0.1, 0.15) is 23.9 Å². The Labute approximate surface area is 203 Å². The molecule has 0 bridgehead atoms. The second-order valence-electron chi connectivity index (χ2n) is 7.77. The summed E-state index contributed by atoms with van der Waals surface area (Å²) in [6.45, 7) is 0.553. The number of ether oxygens (including phenoxy) is 2. The molecule has 0 aliphatic carbocycles. The van der Waals surface area contributed by atoms with Gasteiger partial charge in [0.2, 0.25) is 11.9 Å². The van der Waals surface area contributed by atoms with Crippen molar-refractivity contribution >= 4 is 24.0 Å². The van der Waals surface area contributed by atoms with Crippen molar-refractivity contribution in [2.75, 3.05) is 38.4 Å². The summed E-state index contributed by atoms with van der Waals surface area (Å²) in [7, 11) is 4.80. The van der Waals surface area contributed by atoms with Crippen molar-refractivity contribution in [3.05, 3.63) is 66.0 Å². The van der Waals surface area contributed by atoms with Crippen LogP contribution in [0.2, 0.25) is 0 Å². The van der Waals surface area contributed by atoms with Gasteiger partial charge in [-0.25, -0.2) is 19.6 Å². The molecule has 0 aliphatic heterocycles. The Morgan fingerprint density at radius 3 is 2.46 bits per heavy atom. The Hall–Kier alpha value is -4.41.